The molecule has 2 heterocycles. The lowest BCUT2D eigenvalue weighted by Crippen LogP contribution is -2.46. The number of anilines is 1. The van der Waals surface area contributed by atoms with Crippen LogP contribution in [0.1, 0.15) is 36.0 Å². The molecule has 1 saturated heterocycles. The lowest BCUT2D eigenvalue weighted by molar-refractivity contribution is 0.0869. The first-order chi connectivity index (χ1) is 15.0. The molecule has 1 fully saturated rings. The molecule has 0 aromatic heterocycles. The highest BCUT2D eigenvalue weighted by molar-refractivity contribution is 7.90. The third-order valence-electron chi connectivity index (χ3n) is 6.06. The van der Waals surface area contributed by atoms with Crippen LogP contribution in [-0.2, 0) is 10.0 Å². The zero-order chi connectivity index (χ0) is 21.8. The zero-order valence-electron chi connectivity index (χ0n) is 17.5. The molecule has 6 nitrogen and oxygen atoms in total. The van der Waals surface area contributed by atoms with Crippen molar-refractivity contribution in [2.75, 3.05) is 44.2 Å². The van der Waals surface area contributed by atoms with E-state index in [-0.39, 0.29) is 11.4 Å². The predicted octanol–water partition coefficient (Wildman–Crippen LogP) is 3.87. The van der Waals surface area contributed by atoms with Crippen LogP contribution < -0.4 is 4.90 Å². The molecular formula is C23H28ClN3O3S. The fourth-order valence-corrected chi connectivity index (χ4v) is 6.18. The summed E-state index contributed by atoms with van der Waals surface area (Å²) in [6, 6.07) is 14.4. The molecule has 0 aliphatic carbocycles. The summed E-state index contributed by atoms with van der Waals surface area (Å²) in [6.45, 7) is 5.28. The Morgan fingerprint density at radius 3 is 2.16 bits per heavy atom. The van der Waals surface area contributed by atoms with Gasteiger partial charge in [0.25, 0.3) is 15.9 Å². The summed E-state index contributed by atoms with van der Waals surface area (Å²) < 4.78 is 26.1. The van der Waals surface area contributed by atoms with Crippen molar-refractivity contribution in [2.45, 2.75) is 30.6 Å². The number of halogens is 1. The Hall–Kier alpha value is -2.09. The highest BCUT2D eigenvalue weighted by Crippen LogP contribution is 2.30. The van der Waals surface area contributed by atoms with E-state index in [2.05, 4.69) is 15.9 Å². The van der Waals surface area contributed by atoms with Crippen molar-refractivity contribution in [3.05, 3.63) is 59.1 Å². The fraction of sp³-hybridized carbons (Fsp3) is 0.435. The van der Waals surface area contributed by atoms with Crippen LogP contribution in [0.4, 0.5) is 5.69 Å². The van der Waals surface area contributed by atoms with E-state index in [1.807, 2.05) is 18.2 Å². The van der Waals surface area contributed by atoms with E-state index in [1.165, 1.54) is 6.07 Å². The van der Waals surface area contributed by atoms with E-state index in [0.29, 0.717) is 12.0 Å². The van der Waals surface area contributed by atoms with Crippen LogP contribution in [0.5, 0.6) is 0 Å². The fourth-order valence-electron chi connectivity index (χ4n) is 4.32. The lowest BCUT2D eigenvalue weighted by Gasteiger charge is -2.36. The molecule has 2 aromatic carbocycles. The second-order valence-corrected chi connectivity index (χ2v) is 10.3. The van der Waals surface area contributed by atoms with Gasteiger partial charge in [0.15, 0.2) is 0 Å². The number of para-hydroxylation sites is 1. The Kier molecular flexibility index (Phi) is 6.84. The van der Waals surface area contributed by atoms with Gasteiger partial charge in [-0.1, -0.05) is 48.7 Å². The quantitative estimate of drug-likeness (QED) is 0.558. The van der Waals surface area contributed by atoms with Crippen LogP contribution in [0.2, 0.25) is 5.02 Å². The number of nitrogens with zero attached hydrogens (tertiary/aromatic N) is 3. The second-order valence-electron chi connectivity index (χ2n) is 8.07. The molecular weight excluding hydrogens is 434 g/mol. The summed E-state index contributed by atoms with van der Waals surface area (Å²) >= 11 is 6.31. The molecule has 0 unspecified atom stereocenters. The number of hydrogen-bond donors (Lipinski definition) is 0. The number of benzene rings is 2. The first-order valence-electron chi connectivity index (χ1n) is 10.9. The van der Waals surface area contributed by atoms with Gasteiger partial charge in [-0.05, 0) is 43.7 Å². The van der Waals surface area contributed by atoms with E-state index < -0.39 is 15.9 Å². The third kappa shape index (κ3) is 4.73. The minimum absolute atomic E-state index is 0.135. The molecule has 0 bridgehead atoms. The monoisotopic (exact) mass is 461 g/mol. The van der Waals surface area contributed by atoms with Gasteiger partial charge in [-0.25, -0.2) is 12.7 Å². The maximum atomic E-state index is 12.6. The van der Waals surface area contributed by atoms with E-state index in [0.717, 1.165) is 67.0 Å². The molecule has 0 spiro atoms. The van der Waals surface area contributed by atoms with Crippen LogP contribution in [0.15, 0.2) is 53.4 Å². The molecule has 2 aliphatic rings. The van der Waals surface area contributed by atoms with Gasteiger partial charge in [-0.15, -0.1) is 0 Å². The minimum Gasteiger partial charge on any atom is -0.368 e. The van der Waals surface area contributed by atoms with Crippen molar-refractivity contribution < 1.29 is 13.2 Å². The molecule has 31 heavy (non-hydrogen) atoms. The second kappa shape index (κ2) is 9.59. The zero-order valence-corrected chi connectivity index (χ0v) is 19.1. The first kappa shape index (κ1) is 22.1. The smallest absolute Gasteiger partial charge is 0.269 e. The van der Waals surface area contributed by atoms with Crippen LogP contribution in [0.25, 0.3) is 0 Å². The Morgan fingerprint density at radius 2 is 1.45 bits per heavy atom. The van der Waals surface area contributed by atoms with Crippen molar-refractivity contribution in [1.29, 1.82) is 0 Å². The third-order valence-corrected chi connectivity index (χ3v) is 8.22. The highest BCUT2D eigenvalue weighted by Gasteiger charge is 2.40. The first-order valence-corrected chi connectivity index (χ1v) is 12.7. The Labute approximate surface area is 189 Å². The van der Waals surface area contributed by atoms with Gasteiger partial charge in [0.1, 0.15) is 4.90 Å². The Morgan fingerprint density at radius 1 is 0.806 bits per heavy atom. The molecule has 1 amide bonds. The van der Waals surface area contributed by atoms with Gasteiger partial charge in [0.2, 0.25) is 0 Å². The normalized spacial score (nSPS) is 18.4. The van der Waals surface area contributed by atoms with E-state index in [9.17, 15) is 13.2 Å². The number of hydrogen-bond acceptors (Lipinski definition) is 5. The minimum atomic E-state index is -3.68. The number of fused-ring (bicyclic) bond motifs is 1. The molecule has 0 radical (unpaired) electrons. The van der Waals surface area contributed by atoms with Gasteiger partial charge < -0.3 is 4.90 Å². The number of unbranched alkanes of at least 4 members (excludes halogenated alkanes) is 3. The number of sulfonamides is 1. The number of carbonyl (C=O) groups is 1. The summed E-state index contributed by atoms with van der Waals surface area (Å²) in [7, 11) is -3.68. The number of carbonyl (C=O) groups excluding carboxylic acids is 1. The SMILES string of the molecule is O=C1c2ccccc2S(=O)(=O)N1CCCCCCN1CCN(c2ccccc2Cl)CC1. The number of rotatable bonds is 8. The van der Waals surface area contributed by atoms with Crippen LogP contribution in [-0.4, -0.2) is 62.8 Å². The summed E-state index contributed by atoms with van der Waals surface area (Å²) in [6.07, 6.45) is 3.71. The molecule has 0 saturated carbocycles. The standard InChI is InChI=1S/C23H28ClN3O3S/c24-20-10-4-5-11-21(20)26-17-15-25(16-18-26)13-7-1-2-8-14-27-23(28)19-9-3-6-12-22(19)31(27,29)30/h3-6,9-12H,1-2,7-8,13-18H2. The molecule has 0 atom stereocenters. The van der Waals surface area contributed by atoms with E-state index in [4.69, 9.17) is 11.6 Å². The van der Waals surface area contributed by atoms with E-state index >= 15 is 0 Å². The summed E-state index contributed by atoms with van der Waals surface area (Å²) in [5, 5.41) is 0.803. The van der Waals surface area contributed by atoms with E-state index in [1.54, 1.807) is 18.2 Å². The topological polar surface area (TPSA) is 60.9 Å². The molecule has 2 aliphatic heterocycles. The molecule has 166 valence electrons. The maximum Gasteiger partial charge on any atom is 0.269 e. The summed E-state index contributed by atoms with van der Waals surface area (Å²) in [5.41, 5.74) is 1.40. The predicted molar refractivity (Wildman–Crippen MR) is 123 cm³/mol. The van der Waals surface area contributed by atoms with Crippen molar-refractivity contribution in [1.82, 2.24) is 9.21 Å². The van der Waals surface area contributed by atoms with Gasteiger partial charge >= 0.3 is 0 Å². The van der Waals surface area contributed by atoms with Crippen LogP contribution in [0, 0.1) is 0 Å². The van der Waals surface area contributed by atoms with Crippen molar-refractivity contribution in [2.24, 2.45) is 0 Å². The van der Waals surface area contributed by atoms with Gasteiger partial charge in [-0.3, -0.25) is 9.69 Å². The molecule has 2 aromatic rings. The van der Waals surface area contributed by atoms with Gasteiger partial charge in [0, 0.05) is 32.7 Å². The van der Waals surface area contributed by atoms with Gasteiger partial charge in [-0.2, -0.15) is 0 Å². The molecule has 0 N–H and O–H groups in total. The van der Waals surface area contributed by atoms with Crippen molar-refractivity contribution in [3.8, 4) is 0 Å². The highest BCUT2D eigenvalue weighted by atomic mass is 35.5. The van der Waals surface area contributed by atoms with Gasteiger partial charge in [0.05, 0.1) is 16.3 Å². The van der Waals surface area contributed by atoms with Crippen LogP contribution in [0.3, 0.4) is 0 Å². The van der Waals surface area contributed by atoms with Crippen molar-refractivity contribution >= 4 is 33.2 Å². The number of piperazine rings is 1. The largest absolute Gasteiger partial charge is 0.368 e. The average molecular weight is 462 g/mol. The summed E-state index contributed by atoms with van der Waals surface area (Å²) in [4.78, 5) is 17.4. The Bertz CT molecular complexity index is 1040. The molecule has 4 rings (SSSR count). The van der Waals surface area contributed by atoms with Crippen LogP contribution >= 0.6 is 11.6 Å². The lowest BCUT2D eigenvalue weighted by atomic mass is 10.1. The van der Waals surface area contributed by atoms with Crippen molar-refractivity contribution in [3.63, 3.8) is 0 Å². The maximum absolute atomic E-state index is 12.6. The molecule has 8 heteroatoms. The summed E-state index contributed by atoms with van der Waals surface area (Å²) in [5.74, 6) is -0.396. The number of amides is 1. The Balaban J connectivity index is 1.15. The average Bonchev–Trinajstić information content (AvgIpc) is 2.97.